The van der Waals surface area contributed by atoms with Crippen molar-refractivity contribution in [2.24, 2.45) is 0 Å². The maximum absolute atomic E-state index is 9.48. The molecule has 2 N–H and O–H groups in total. The molecule has 0 radical (unpaired) electrons. The average molecular weight is 289 g/mol. The molecular formula is C12H17BrO3. The van der Waals surface area contributed by atoms with Gasteiger partial charge in [-0.1, -0.05) is 34.1 Å². The van der Waals surface area contributed by atoms with Gasteiger partial charge in [-0.3, -0.25) is 0 Å². The Bertz CT molecular complexity index is 304. The van der Waals surface area contributed by atoms with Crippen LogP contribution in [0.15, 0.2) is 28.7 Å². The van der Waals surface area contributed by atoms with Crippen LogP contribution >= 0.6 is 15.9 Å². The molecule has 1 rings (SSSR count). The summed E-state index contributed by atoms with van der Waals surface area (Å²) in [5.74, 6) is 0. The van der Waals surface area contributed by atoms with Gasteiger partial charge in [0, 0.05) is 11.1 Å². The van der Waals surface area contributed by atoms with Gasteiger partial charge in [0.05, 0.1) is 19.3 Å². The molecule has 0 spiro atoms. The molecular weight excluding hydrogens is 272 g/mol. The number of ether oxygens (including phenoxy) is 1. The molecule has 0 bridgehead atoms. The lowest BCUT2D eigenvalue weighted by Gasteiger charge is -2.11. The number of hydrogen-bond acceptors (Lipinski definition) is 3. The second kappa shape index (κ2) is 7.79. The van der Waals surface area contributed by atoms with Gasteiger partial charge in [-0.2, -0.15) is 0 Å². The first-order valence-corrected chi connectivity index (χ1v) is 6.13. The monoisotopic (exact) mass is 288 g/mol. The van der Waals surface area contributed by atoms with E-state index in [1.165, 1.54) is 0 Å². The maximum Gasteiger partial charge on any atom is 0.0774 e. The van der Waals surface area contributed by atoms with Crippen molar-refractivity contribution in [3.8, 4) is 0 Å². The Morgan fingerprint density at radius 2 is 2.06 bits per heavy atom. The zero-order valence-electron chi connectivity index (χ0n) is 9.10. The average Bonchev–Trinajstić information content (AvgIpc) is 2.29. The van der Waals surface area contributed by atoms with E-state index in [0.717, 1.165) is 10.0 Å². The van der Waals surface area contributed by atoms with Crippen molar-refractivity contribution in [1.29, 1.82) is 0 Å². The highest BCUT2D eigenvalue weighted by atomic mass is 79.9. The minimum atomic E-state index is -0.491. The van der Waals surface area contributed by atoms with Crippen LogP contribution in [0.1, 0.15) is 18.4 Å². The summed E-state index contributed by atoms with van der Waals surface area (Å²) in [5.41, 5.74) is 1.07. The standard InChI is InChI=1S/C12H17BrO3/c13-12-6-2-1-4-10(12)8-16-9-11(15)5-3-7-14/h1-2,4,6,11,14-15H,3,5,7-9H2. The van der Waals surface area contributed by atoms with Crippen LogP contribution in [0.25, 0.3) is 0 Å². The SMILES string of the molecule is OCCCC(O)COCc1ccccc1Br. The van der Waals surface area contributed by atoms with E-state index in [2.05, 4.69) is 15.9 Å². The summed E-state index contributed by atoms with van der Waals surface area (Å²) < 4.78 is 6.41. The van der Waals surface area contributed by atoms with Gasteiger partial charge < -0.3 is 14.9 Å². The lowest BCUT2D eigenvalue weighted by Crippen LogP contribution is -2.15. The van der Waals surface area contributed by atoms with Crippen LogP contribution in [0.5, 0.6) is 0 Å². The Hall–Kier alpha value is -0.420. The Morgan fingerprint density at radius 1 is 1.31 bits per heavy atom. The zero-order valence-corrected chi connectivity index (χ0v) is 10.7. The van der Waals surface area contributed by atoms with E-state index in [1.807, 2.05) is 24.3 Å². The first kappa shape index (κ1) is 13.6. The van der Waals surface area contributed by atoms with Gasteiger partial charge in [0.25, 0.3) is 0 Å². The van der Waals surface area contributed by atoms with Gasteiger partial charge in [0.1, 0.15) is 0 Å². The highest BCUT2D eigenvalue weighted by Crippen LogP contribution is 2.16. The molecule has 0 aliphatic rings. The second-order valence-electron chi connectivity index (χ2n) is 3.63. The lowest BCUT2D eigenvalue weighted by molar-refractivity contribution is 0.0214. The van der Waals surface area contributed by atoms with E-state index < -0.39 is 6.10 Å². The Balaban J connectivity index is 2.23. The van der Waals surface area contributed by atoms with E-state index in [9.17, 15) is 5.11 Å². The number of aliphatic hydroxyl groups is 2. The van der Waals surface area contributed by atoms with E-state index in [4.69, 9.17) is 9.84 Å². The molecule has 0 aromatic heterocycles. The molecule has 1 unspecified atom stereocenters. The second-order valence-corrected chi connectivity index (χ2v) is 4.48. The van der Waals surface area contributed by atoms with Crippen molar-refractivity contribution >= 4 is 15.9 Å². The predicted molar refractivity (Wildman–Crippen MR) is 66.1 cm³/mol. The summed E-state index contributed by atoms with van der Waals surface area (Å²) in [6.45, 7) is 0.903. The summed E-state index contributed by atoms with van der Waals surface area (Å²) in [6, 6.07) is 7.83. The van der Waals surface area contributed by atoms with Crippen LogP contribution in [0, 0.1) is 0 Å². The summed E-state index contributed by atoms with van der Waals surface area (Å²) in [7, 11) is 0. The quantitative estimate of drug-likeness (QED) is 0.808. The van der Waals surface area contributed by atoms with Crippen molar-refractivity contribution < 1.29 is 14.9 Å². The molecule has 4 heteroatoms. The molecule has 0 heterocycles. The largest absolute Gasteiger partial charge is 0.396 e. The Kier molecular flexibility index (Phi) is 6.64. The molecule has 1 aromatic rings. The maximum atomic E-state index is 9.48. The summed E-state index contributed by atoms with van der Waals surface area (Å²) in [6.07, 6.45) is 0.695. The molecule has 90 valence electrons. The van der Waals surface area contributed by atoms with Crippen molar-refractivity contribution in [2.75, 3.05) is 13.2 Å². The molecule has 0 fully saturated rings. The fourth-order valence-corrected chi connectivity index (χ4v) is 1.73. The third-order valence-electron chi connectivity index (χ3n) is 2.22. The van der Waals surface area contributed by atoms with Gasteiger partial charge in [-0.05, 0) is 24.5 Å². The molecule has 3 nitrogen and oxygen atoms in total. The van der Waals surface area contributed by atoms with Crippen LogP contribution < -0.4 is 0 Å². The lowest BCUT2D eigenvalue weighted by atomic mass is 10.2. The van der Waals surface area contributed by atoms with Crippen molar-refractivity contribution in [1.82, 2.24) is 0 Å². The number of benzene rings is 1. The first-order chi connectivity index (χ1) is 7.74. The summed E-state index contributed by atoms with van der Waals surface area (Å²) >= 11 is 3.43. The fourth-order valence-electron chi connectivity index (χ4n) is 1.33. The van der Waals surface area contributed by atoms with Crippen molar-refractivity contribution in [2.45, 2.75) is 25.6 Å². The molecule has 1 atom stereocenters. The topological polar surface area (TPSA) is 49.7 Å². The van der Waals surface area contributed by atoms with Crippen molar-refractivity contribution in [3.05, 3.63) is 34.3 Å². The summed E-state index contributed by atoms with van der Waals surface area (Å²) in [4.78, 5) is 0. The van der Waals surface area contributed by atoms with Crippen molar-refractivity contribution in [3.63, 3.8) is 0 Å². The minimum Gasteiger partial charge on any atom is -0.396 e. The molecule has 0 aliphatic carbocycles. The van der Waals surface area contributed by atoms with Gasteiger partial charge >= 0.3 is 0 Å². The van der Waals surface area contributed by atoms with Crippen LogP contribution in [-0.2, 0) is 11.3 Å². The number of hydrogen-bond donors (Lipinski definition) is 2. The van der Waals surface area contributed by atoms with Crippen LogP contribution in [0.4, 0.5) is 0 Å². The summed E-state index contributed by atoms with van der Waals surface area (Å²) in [5, 5.41) is 18.1. The minimum absolute atomic E-state index is 0.112. The van der Waals surface area contributed by atoms with Crippen LogP contribution in [0.2, 0.25) is 0 Å². The predicted octanol–water partition coefficient (Wildman–Crippen LogP) is 2.10. The fraction of sp³-hybridized carbons (Fsp3) is 0.500. The molecule has 0 saturated heterocycles. The third kappa shape index (κ3) is 5.07. The van der Waals surface area contributed by atoms with E-state index in [0.29, 0.717) is 26.1 Å². The van der Waals surface area contributed by atoms with E-state index in [-0.39, 0.29) is 6.61 Å². The van der Waals surface area contributed by atoms with E-state index >= 15 is 0 Å². The van der Waals surface area contributed by atoms with Crippen LogP contribution in [-0.4, -0.2) is 29.5 Å². The normalized spacial score (nSPS) is 12.7. The zero-order chi connectivity index (χ0) is 11.8. The van der Waals surface area contributed by atoms with E-state index in [1.54, 1.807) is 0 Å². The van der Waals surface area contributed by atoms with Gasteiger partial charge in [0.2, 0.25) is 0 Å². The number of rotatable bonds is 7. The van der Waals surface area contributed by atoms with Gasteiger partial charge in [0.15, 0.2) is 0 Å². The first-order valence-electron chi connectivity index (χ1n) is 5.34. The van der Waals surface area contributed by atoms with Gasteiger partial charge in [-0.25, -0.2) is 0 Å². The molecule has 16 heavy (non-hydrogen) atoms. The number of halogens is 1. The highest BCUT2D eigenvalue weighted by Gasteiger charge is 2.04. The smallest absolute Gasteiger partial charge is 0.0774 e. The molecule has 0 aliphatic heterocycles. The Morgan fingerprint density at radius 3 is 2.75 bits per heavy atom. The molecule has 1 aromatic carbocycles. The Labute approximate surface area is 104 Å². The number of aliphatic hydroxyl groups excluding tert-OH is 2. The molecule has 0 amide bonds. The highest BCUT2D eigenvalue weighted by molar-refractivity contribution is 9.10. The third-order valence-corrected chi connectivity index (χ3v) is 2.99. The van der Waals surface area contributed by atoms with Crippen LogP contribution in [0.3, 0.4) is 0 Å². The molecule has 0 saturated carbocycles. The van der Waals surface area contributed by atoms with Gasteiger partial charge in [-0.15, -0.1) is 0 Å².